The monoisotopic (exact) mass is 417 g/mol. The molecule has 1 aliphatic heterocycles. The van der Waals surface area contributed by atoms with E-state index in [9.17, 15) is 8.42 Å². The molecular weight excluding hydrogens is 386 g/mol. The molecule has 3 rings (SSSR count). The zero-order valence-corrected chi connectivity index (χ0v) is 18.0. The van der Waals surface area contributed by atoms with Gasteiger partial charge in [-0.25, -0.2) is 0 Å². The molecule has 0 bridgehead atoms. The van der Waals surface area contributed by atoms with E-state index in [4.69, 9.17) is 0 Å². The molecule has 2 N–H and O–H groups in total. The van der Waals surface area contributed by atoms with Crippen LogP contribution >= 0.6 is 0 Å². The van der Waals surface area contributed by atoms with E-state index in [-0.39, 0.29) is 0 Å². The Balaban J connectivity index is 1.40. The van der Waals surface area contributed by atoms with Gasteiger partial charge in [-0.05, 0) is 68.1 Å². The van der Waals surface area contributed by atoms with Crippen LogP contribution < -0.4 is 14.9 Å². The second-order valence-corrected chi connectivity index (χ2v) is 9.50. The molecule has 29 heavy (non-hydrogen) atoms. The van der Waals surface area contributed by atoms with Crippen LogP contribution in [0.15, 0.2) is 48.8 Å². The van der Waals surface area contributed by atoms with E-state index in [2.05, 4.69) is 26.0 Å². The molecule has 0 spiro atoms. The van der Waals surface area contributed by atoms with Crippen molar-refractivity contribution < 1.29 is 8.42 Å². The van der Waals surface area contributed by atoms with Gasteiger partial charge in [0.05, 0.1) is 0 Å². The molecular formula is C21H31N5O2S. The van der Waals surface area contributed by atoms with E-state index in [0.717, 1.165) is 55.3 Å². The lowest BCUT2D eigenvalue weighted by Gasteiger charge is -2.34. The summed E-state index contributed by atoms with van der Waals surface area (Å²) in [5, 5.41) is 3.68. The smallest absolute Gasteiger partial charge is 0.301 e. The third kappa shape index (κ3) is 6.42. The molecule has 1 aromatic heterocycles. The Kier molecular flexibility index (Phi) is 7.46. The van der Waals surface area contributed by atoms with E-state index >= 15 is 0 Å². The summed E-state index contributed by atoms with van der Waals surface area (Å²) >= 11 is 0. The molecule has 2 aromatic rings. The Bertz CT molecular complexity index is 848. The number of aryl methyl sites for hydroxylation is 1. The van der Waals surface area contributed by atoms with Crippen LogP contribution in [0.25, 0.3) is 0 Å². The standard InChI is InChI=1S/C21H31N5O2S/c1-25(2)29(27,28)24-20-7-9-21(10-8-20)26-15-11-19(12-16-26)23-14-4-6-18-5-3-13-22-17-18/h3,5,7-10,13,17,19,23-24H,4,6,11-12,14-16H2,1-2H3. The topological polar surface area (TPSA) is 77.6 Å². The summed E-state index contributed by atoms with van der Waals surface area (Å²) in [7, 11) is -0.452. The van der Waals surface area contributed by atoms with Crippen molar-refractivity contribution in [2.45, 2.75) is 31.7 Å². The lowest BCUT2D eigenvalue weighted by Crippen LogP contribution is -2.42. The third-order valence-electron chi connectivity index (χ3n) is 5.25. The van der Waals surface area contributed by atoms with Gasteiger partial charge < -0.3 is 10.2 Å². The minimum atomic E-state index is -3.47. The third-order valence-corrected chi connectivity index (χ3v) is 6.71. The van der Waals surface area contributed by atoms with Gasteiger partial charge in [-0.15, -0.1) is 0 Å². The summed E-state index contributed by atoms with van der Waals surface area (Å²) in [5.74, 6) is 0. The van der Waals surface area contributed by atoms with Gasteiger partial charge in [0.2, 0.25) is 0 Å². The van der Waals surface area contributed by atoms with E-state index in [0.29, 0.717) is 11.7 Å². The second kappa shape index (κ2) is 10.0. The molecule has 2 heterocycles. The van der Waals surface area contributed by atoms with E-state index in [1.165, 1.54) is 19.7 Å². The Hall–Kier alpha value is -2.16. The Morgan fingerprint density at radius 2 is 1.86 bits per heavy atom. The van der Waals surface area contributed by atoms with Crippen LogP contribution in [0.3, 0.4) is 0 Å². The first-order valence-corrected chi connectivity index (χ1v) is 11.6. The number of pyridine rings is 1. The highest BCUT2D eigenvalue weighted by molar-refractivity contribution is 7.90. The van der Waals surface area contributed by atoms with Gasteiger partial charge in [0.25, 0.3) is 0 Å². The molecule has 0 unspecified atom stereocenters. The summed E-state index contributed by atoms with van der Waals surface area (Å²) in [6.07, 6.45) is 8.16. The Morgan fingerprint density at radius 1 is 1.14 bits per heavy atom. The molecule has 0 saturated carbocycles. The number of aromatic nitrogens is 1. The molecule has 1 fully saturated rings. The first-order valence-electron chi connectivity index (χ1n) is 10.1. The molecule has 7 nitrogen and oxygen atoms in total. The summed E-state index contributed by atoms with van der Waals surface area (Å²) in [4.78, 5) is 6.52. The lowest BCUT2D eigenvalue weighted by molar-refractivity contribution is 0.413. The van der Waals surface area contributed by atoms with Gasteiger partial charge in [0.15, 0.2) is 0 Å². The Labute approximate surface area is 174 Å². The maximum Gasteiger partial charge on any atom is 0.301 e. The van der Waals surface area contributed by atoms with Crippen molar-refractivity contribution in [3.63, 3.8) is 0 Å². The fourth-order valence-corrected chi connectivity index (χ4v) is 4.08. The number of anilines is 2. The highest BCUT2D eigenvalue weighted by Crippen LogP contribution is 2.22. The van der Waals surface area contributed by atoms with Gasteiger partial charge >= 0.3 is 10.2 Å². The molecule has 1 aromatic carbocycles. The zero-order chi connectivity index (χ0) is 20.7. The van der Waals surface area contributed by atoms with Crippen LogP contribution in [0.2, 0.25) is 0 Å². The summed E-state index contributed by atoms with van der Waals surface area (Å²) < 4.78 is 27.5. The van der Waals surface area contributed by atoms with Crippen molar-refractivity contribution in [2.75, 3.05) is 43.4 Å². The molecule has 8 heteroatoms. The maximum atomic E-state index is 11.9. The van der Waals surface area contributed by atoms with Crippen LogP contribution in [-0.4, -0.2) is 57.5 Å². The number of nitrogens with one attached hydrogen (secondary N) is 2. The average Bonchev–Trinajstić information content (AvgIpc) is 2.73. The quantitative estimate of drug-likeness (QED) is 0.613. The number of nitrogens with zero attached hydrogens (tertiary/aromatic N) is 3. The van der Waals surface area contributed by atoms with Crippen molar-refractivity contribution >= 4 is 21.6 Å². The number of benzene rings is 1. The summed E-state index contributed by atoms with van der Waals surface area (Å²) in [5.41, 5.74) is 3.00. The van der Waals surface area contributed by atoms with Gasteiger partial charge in [-0.3, -0.25) is 9.71 Å². The minimum absolute atomic E-state index is 0.561. The van der Waals surface area contributed by atoms with Crippen LogP contribution in [0, 0.1) is 0 Å². The highest BCUT2D eigenvalue weighted by Gasteiger charge is 2.19. The van der Waals surface area contributed by atoms with Crippen LogP contribution in [0.5, 0.6) is 0 Å². The normalized spacial score (nSPS) is 15.6. The van der Waals surface area contributed by atoms with Crippen molar-refractivity contribution in [3.8, 4) is 0 Å². The fraction of sp³-hybridized carbons (Fsp3) is 0.476. The lowest BCUT2D eigenvalue weighted by atomic mass is 10.0. The average molecular weight is 418 g/mol. The number of hydrogen-bond acceptors (Lipinski definition) is 5. The maximum absolute atomic E-state index is 11.9. The number of rotatable bonds is 9. The highest BCUT2D eigenvalue weighted by atomic mass is 32.2. The molecule has 0 radical (unpaired) electrons. The largest absolute Gasteiger partial charge is 0.371 e. The van der Waals surface area contributed by atoms with Gasteiger partial charge in [0, 0.05) is 57.0 Å². The SMILES string of the molecule is CN(C)S(=O)(=O)Nc1ccc(N2CCC(NCCCc3cccnc3)CC2)cc1. The van der Waals surface area contributed by atoms with Crippen molar-refractivity contribution in [1.29, 1.82) is 0 Å². The molecule has 1 saturated heterocycles. The van der Waals surface area contributed by atoms with Crippen molar-refractivity contribution in [3.05, 3.63) is 54.4 Å². The molecule has 1 aliphatic rings. The van der Waals surface area contributed by atoms with Crippen LogP contribution in [0.1, 0.15) is 24.8 Å². The van der Waals surface area contributed by atoms with Gasteiger partial charge in [-0.1, -0.05) is 6.07 Å². The number of piperidine rings is 1. The molecule has 0 aliphatic carbocycles. The number of hydrogen-bond donors (Lipinski definition) is 2. The summed E-state index contributed by atoms with van der Waals surface area (Å²) in [6, 6.07) is 12.3. The predicted molar refractivity (Wildman–Crippen MR) is 118 cm³/mol. The van der Waals surface area contributed by atoms with Crippen LogP contribution in [0.4, 0.5) is 11.4 Å². The van der Waals surface area contributed by atoms with E-state index in [1.54, 1.807) is 0 Å². The second-order valence-electron chi connectivity index (χ2n) is 7.62. The first kappa shape index (κ1) is 21.5. The summed E-state index contributed by atoms with van der Waals surface area (Å²) in [6.45, 7) is 3.03. The predicted octanol–water partition coefficient (Wildman–Crippen LogP) is 2.49. The Morgan fingerprint density at radius 3 is 2.48 bits per heavy atom. The molecule has 0 atom stereocenters. The fourth-order valence-electron chi connectivity index (χ4n) is 3.47. The first-order chi connectivity index (χ1) is 13.9. The molecule has 158 valence electrons. The van der Waals surface area contributed by atoms with Crippen LogP contribution in [-0.2, 0) is 16.6 Å². The van der Waals surface area contributed by atoms with Gasteiger partial charge in [0.1, 0.15) is 0 Å². The minimum Gasteiger partial charge on any atom is -0.371 e. The van der Waals surface area contributed by atoms with E-state index < -0.39 is 10.2 Å². The van der Waals surface area contributed by atoms with Crippen molar-refractivity contribution in [1.82, 2.24) is 14.6 Å². The van der Waals surface area contributed by atoms with Gasteiger partial charge in [-0.2, -0.15) is 12.7 Å². The van der Waals surface area contributed by atoms with E-state index in [1.807, 2.05) is 42.7 Å². The zero-order valence-electron chi connectivity index (χ0n) is 17.2. The van der Waals surface area contributed by atoms with Crippen molar-refractivity contribution in [2.24, 2.45) is 0 Å². The molecule has 0 amide bonds.